The molecule has 5 nitrogen and oxygen atoms in total. The highest BCUT2D eigenvalue weighted by atomic mass is 16.2. The highest BCUT2D eigenvalue weighted by Crippen LogP contribution is 2.13. The second-order valence-electron chi connectivity index (χ2n) is 3.51. The van der Waals surface area contributed by atoms with Crippen molar-refractivity contribution >= 4 is 11.6 Å². The Bertz CT molecular complexity index is 518. The van der Waals surface area contributed by atoms with Gasteiger partial charge in [-0.3, -0.25) is 9.89 Å². The predicted octanol–water partition coefficient (Wildman–Crippen LogP) is 1.67. The molecule has 0 saturated heterocycles. The highest BCUT2D eigenvalue weighted by Gasteiger charge is 2.11. The Balaban J connectivity index is 2.17. The van der Waals surface area contributed by atoms with E-state index in [4.69, 9.17) is 0 Å². The summed E-state index contributed by atoms with van der Waals surface area (Å²) in [7, 11) is 0. The number of amides is 1. The fourth-order valence-electron chi connectivity index (χ4n) is 1.34. The Morgan fingerprint density at radius 1 is 1.31 bits per heavy atom. The third kappa shape index (κ3) is 2.08. The van der Waals surface area contributed by atoms with E-state index in [-0.39, 0.29) is 11.7 Å². The van der Waals surface area contributed by atoms with Gasteiger partial charge in [0.2, 0.25) is 5.82 Å². The average molecular weight is 216 g/mol. The number of para-hydroxylation sites is 1. The first-order valence-electron chi connectivity index (χ1n) is 4.93. The highest BCUT2D eigenvalue weighted by molar-refractivity contribution is 6.01. The zero-order valence-corrected chi connectivity index (χ0v) is 9.11. The summed E-state index contributed by atoms with van der Waals surface area (Å²) in [6.07, 6.45) is 0. The zero-order chi connectivity index (χ0) is 11.5. The van der Waals surface area contributed by atoms with Crippen LogP contribution in [-0.4, -0.2) is 21.1 Å². The predicted molar refractivity (Wildman–Crippen MR) is 60.3 cm³/mol. The number of nitrogens with one attached hydrogen (secondary N) is 2. The van der Waals surface area contributed by atoms with Crippen LogP contribution in [0.1, 0.15) is 22.0 Å². The first-order valence-corrected chi connectivity index (χ1v) is 4.93. The molecule has 0 aliphatic carbocycles. The molecule has 82 valence electrons. The van der Waals surface area contributed by atoms with E-state index >= 15 is 0 Å². The van der Waals surface area contributed by atoms with E-state index in [1.54, 1.807) is 6.92 Å². The summed E-state index contributed by atoms with van der Waals surface area (Å²) in [4.78, 5) is 15.7. The number of anilines is 1. The number of carbonyl (C=O) groups is 1. The minimum Gasteiger partial charge on any atom is -0.319 e. The standard InChI is InChI=1S/C11H12N4O/c1-7-5-3-4-6-9(7)13-11(16)10-12-8(2)14-15-10/h3-6H,1-2H3,(H,13,16)(H,12,14,15). The van der Waals surface area contributed by atoms with Crippen molar-refractivity contribution in [2.75, 3.05) is 5.32 Å². The van der Waals surface area contributed by atoms with Crippen LogP contribution in [0, 0.1) is 13.8 Å². The lowest BCUT2D eigenvalue weighted by Gasteiger charge is -2.05. The van der Waals surface area contributed by atoms with E-state index in [9.17, 15) is 4.79 Å². The van der Waals surface area contributed by atoms with Gasteiger partial charge in [-0.05, 0) is 25.5 Å². The van der Waals surface area contributed by atoms with Gasteiger partial charge < -0.3 is 5.32 Å². The minimum absolute atomic E-state index is 0.153. The molecule has 0 spiro atoms. The molecule has 1 aromatic heterocycles. The van der Waals surface area contributed by atoms with Crippen LogP contribution in [0.2, 0.25) is 0 Å². The number of carbonyl (C=O) groups excluding carboxylic acids is 1. The van der Waals surface area contributed by atoms with E-state index in [0.717, 1.165) is 11.3 Å². The van der Waals surface area contributed by atoms with E-state index < -0.39 is 0 Å². The maximum Gasteiger partial charge on any atom is 0.295 e. The Morgan fingerprint density at radius 2 is 2.06 bits per heavy atom. The molecule has 2 rings (SSSR count). The van der Waals surface area contributed by atoms with Gasteiger partial charge in [0.25, 0.3) is 5.91 Å². The molecule has 0 fully saturated rings. The van der Waals surface area contributed by atoms with E-state index in [2.05, 4.69) is 20.5 Å². The van der Waals surface area contributed by atoms with Gasteiger partial charge in [0, 0.05) is 5.69 Å². The molecule has 5 heteroatoms. The molecule has 2 N–H and O–H groups in total. The molecule has 2 aromatic rings. The molecular formula is C11H12N4O. The van der Waals surface area contributed by atoms with Crippen LogP contribution in [0.4, 0.5) is 5.69 Å². The van der Waals surface area contributed by atoms with Crippen LogP contribution in [-0.2, 0) is 0 Å². The van der Waals surface area contributed by atoms with Gasteiger partial charge in [-0.1, -0.05) is 18.2 Å². The van der Waals surface area contributed by atoms with E-state index in [1.165, 1.54) is 0 Å². The van der Waals surface area contributed by atoms with Crippen molar-refractivity contribution < 1.29 is 4.79 Å². The molecule has 0 unspecified atom stereocenters. The monoisotopic (exact) mass is 216 g/mol. The average Bonchev–Trinajstić information content (AvgIpc) is 2.68. The number of hydrogen-bond donors (Lipinski definition) is 2. The van der Waals surface area contributed by atoms with Crippen molar-refractivity contribution in [3.8, 4) is 0 Å². The summed E-state index contributed by atoms with van der Waals surface area (Å²) in [5, 5.41) is 9.18. The molecule has 1 aromatic carbocycles. The summed E-state index contributed by atoms with van der Waals surface area (Å²) in [6.45, 7) is 3.68. The van der Waals surface area contributed by atoms with Crippen LogP contribution < -0.4 is 5.32 Å². The van der Waals surface area contributed by atoms with Gasteiger partial charge in [0.15, 0.2) is 0 Å². The Labute approximate surface area is 92.9 Å². The Hall–Kier alpha value is -2.17. The molecule has 0 bridgehead atoms. The van der Waals surface area contributed by atoms with Crippen LogP contribution in [0.15, 0.2) is 24.3 Å². The third-order valence-corrected chi connectivity index (χ3v) is 2.19. The second-order valence-corrected chi connectivity index (χ2v) is 3.51. The molecule has 1 heterocycles. The fourth-order valence-corrected chi connectivity index (χ4v) is 1.34. The lowest BCUT2D eigenvalue weighted by Crippen LogP contribution is -2.14. The van der Waals surface area contributed by atoms with Crippen LogP contribution in [0.25, 0.3) is 0 Å². The van der Waals surface area contributed by atoms with Crippen molar-refractivity contribution in [1.82, 2.24) is 15.2 Å². The number of aromatic amines is 1. The lowest BCUT2D eigenvalue weighted by molar-refractivity contribution is 0.101. The zero-order valence-electron chi connectivity index (χ0n) is 9.11. The SMILES string of the molecule is Cc1nc(C(=O)Nc2ccccc2C)n[nH]1. The largest absolute Gasteiger partial charge is 0.319 e. The second kappa shape index (κ2) is 4.14. The van der Waals surface area contributed by atoms with Gasteiger partial charge in [-0.25, -0.2) is 4.98 Å². The van der Waals surface area contributed by atoms with E-state index in [0.29, 0.717) is 5.82 Å². The molecule has 0 aliphatic heterocycles. The van der Waals surface area contributed by atoms with Crippen molar-refractivity contribution in [3.05, 3.63) is 41.5 Å². The number of hydrogen-bond acceptors (Lipinski definition) is 3. The molecule has 1 amide bonds. The number of nitrogens with zero attached hydrogens (tertiary/aromatic N) is 2. The maximum atomic E-state index is 11.7. The summed E-state index contributed by atoms with van der Waals surface area (Å²) in [5.41, 5.74) is 1.78. The van der Waals surface area contributed by atoms with Gasteiger partial charge in [-0.2, -0.15) is 0 Å². The quantitative estimate of drug-likeness (QED) is 0.802. The minimum atomic E-state index is -0.307. The van der Waals surface area contributed by atoms with Gasteiger partial charge in [-0.15, -0.1) is 5.10 Å². The summed E-state index contributed by atoms with van der Waals surface area (Å²) < 4.78 is 0. The van der Waals surface area contributed by atoms with Crippen LogP contribution >= 0.6 is 0 Å². The molecule has 0 saturated carbocycles. The van der Waals surface area contributed by atoms with Crippen molar-refractivity contribution in [1.29, 1.82) is 0 Å². The number of H-pyrrole nitrogens is 1. The maximum absolute atomic E-state index is 11.7. The van der Waals surface area contributed by atoms with Crippen molar-refractivity contribution in [3.63, 3.8) is 0 Å². The van der Waals surface area contributed by atoms with Crippen molar-refractivity contribution in [2.45, 2.75) is 13.8 Å². The lowest BCUT2D eigenvalue weighted by atomic mass is 10.2. The van der Waals surface area contributed by atoms with Crippen LogP contribution in [0.5, 0.6) is 0 Å². The molecule has 0 aliphatic rings. The Morgan fingerprint density at radius 3 is 2.69 bits per heavy atom. The number of aromatic nitrogens is 3. The van der Waals surface area contributed by atoms with Gasteiger partial charge in [0.05, 0.1) is 0 Å². The number of rotatable bonds is 2. The fraction of sp³-hybridized carbons (Fsp3) is 0.182. The molecule has 0 atom stereocenters. The summed E-state index contributed by atoms with van der Waals surface area (Å²) in [5.74, 6) is 0.467. The first-order chi connectivity index (χ1) is 7.66. The van der Waals surface area contributed by atoms with Gasteiger partial charge >= 0.3 is 0 Å². The van der Waals surface area contributed by atoms with Gasteiger partial charge in [0.1, 0.15) is 5.82 Å². The summed E-state index contributed by atoms with van der Waals surface area (Å²) >= 11 is 0. The molecule has 0 radical (unpaired) electrons. The van der Waals surface area contributed by atoms with Crippen LogP contribution in [0.3, 0.4) is 0 Å². The first kappa shape index (κ1) is 10.4. The molecule has 16 heavy (non-hydrogen) atoms. The molecular weight excluding hydrogens is 204 g/mol. The number of aryl methyl sites for hydroxylation is 2. The summed E-state index contributed by atoms with van der Waals surface area (Å²) in [6, 6.07) is 7.55. The van der Waals surface area contributed by atoms with Crippen molar-refractivity contribution in [2.24, 2.45) is 0 Å². The Kier molecular flexibility index (Phi) is 2.68. The van der Waals surface area contributed by atoms with E-state index in [1.807, 2.05) is 31.2 Å². The normalized spacial score (nSPS) is 10.1. The number of benzene rings is 1. The smallest absolute Gasteiger partial charge is 0.295 e. The third-order valence-electron chi connectivity index (χ3n) is 2.19. The topological polar surface area (TPSA) is 70.7 Å².